The number of nitrogens with one attached hydrogen (secondary N) is 2. The Kier molecular flexibility index (Phi) is 4.31. The van der Waals surface area contributed by atoms with Crippen molar-refractivity contribution in [3.63, 3.8) is 0 Å². The zero-order valence-electron chi connectivity index (χ0n) is 15.6. The van der Waals surface area contributed by atoms with Crippen molar-refractivity contribution in [2.75, 3.05) is 0 Å². The molecule has 3 heterocycles. The smallest absolute Gasteiger partial charge is 0.324 e. The first-order valence-corrected chi connectivity index (χ1v) is 8.93. The first-order valence-electron chi connectivity index (χ1n) is 8.93. The van der Waals surface area contributed by atoms with Crippen molar-refractivity contribution in [2.45, 2.75) is 45.4 Å². The van der Waals surface area contributed by atoms with E-state index in [0.717, 1.165) is 22.2 Å². The van der Waals surface area contributed by atoms with Crippen molar-refractivity contribution < 1.29 is 14.3 Å². The minimum atomic E-state index is -0.530. The predicted octanol–water partition coefficient (Wildman–Crippen LogP) is 3.11. The van der Waals surface area contributed by atoms with E-state index in [9.17, 15) is 4.79 Å². The second kappa shape index (κ2) is 6.66. The second-order valence-electron chi connectivity index (χ2n) is 7.60. The fourth-order valence-corrected chi connectivity index (χ4v) is 3.12. The van der Waals surface area contributed by atoms with E-state index in [2.05, 4.69) is 20.3 Å². The summed E-state index contributed by atoms with van der Waals surface area (Å²) in [4.78, 5) is 24.2. The molecule has 0 fully saturated rings. The molecule has 7 heteroatoms. The van der Waals surface area contributed by atoms with Gasteiger partial charge >= 0.3 is 5.97 Å². The molecule has 1 unspecified atom stereocenters. The zero-order chi connectivity index (χ0) is 19.0. The standard InChI is InChI=1S/C20H22N4O3/c1-20(2,3)27-19(25)16-9-14-17(10-22-16)23-11-24-18(14)26-13-4-5-15-12(8-13)6-7-21-15/h4-8,11,16,21-22H,9-10H2,1-3H3. The van der Waals surface area contributed by atoms with Gasteiger partial charge in [0.05, 0.1) is 5.69 Å². The maximum absolute atomic E-state index is 12.4. The lowest BCUT2D eigenvalue weighted by Crippen LogP contribution is -2.45. The van der Waals surface area contributed by atoms with Crippen LogP contribution in [0.25, 0.3) is 10.9 Å². The molecule has 0 radical (unpaired) electrons. The number of rotatable bonds is 3. The summed E-state index contributed by atoms with van der Waals surface area (Å²) in [5.74, 6) is 0.886. The van der Waals surface area contributed by atoms with Crippen LogP contribution in [0.15, 0.2) is 36.8 Å². The van der Waals surface area contributed by atoms with Crippen LogP contribution in [-0.4, -0.2) is 32.6 Å². The number of hydrogen-bond donors (Lipinski definition) is 2. The van der Waals surface area contributed by atoms with Gasteiger partial charge in [-0.25, -0.2) is 9.97 Å². The maximum Gasteiger partial charge on any atom is 0.324 e. The van der Waals surface area contributed by atoms with E-state index in [1.54, 1.807) is 0 Å². The Morgan fingerprint density at radius 1 is 1.22 bits per heavy atom. The third-order valence-electron chi connectivity index (χ3n) is 4.35. The van der Waals surface area contributed by atoms with Gasteiger partial charge in [-0.05, 0) is 45.0 Å². The fourth-order valence-electron chi connectivity index (χ4n) is 3.12. The summed E-state index contributed by atoms with van der Waals surface area (Å²) in [7, 11) is 0. The molecule has 0 spiro atoms. The molecule has 0 bridgehead atoms. The SMILES string of the molecule is CC(C)(C)OC(=O)C1Cc2c(ncnc2Oc2ccc3[nH]ccc3c2)CN1. The Hall–Kier alpha value is -2.93. The van der Waals surface area contributed by atoms with Gasteiger partial charge in [0.15, 0.2) is 0 Å². The second-order valence-corrected chi connectivity index (χ2v) is 7.60. The Bertz CT molecular complexity index is 990. The summed E-state index contributed by atoms with van der Waals surface area (Å²) < 4.78 is 11.5. The summed E-state index contributed by atoms with van der Waals surface area (Å²) in [6.07, 6.45) is 3.80. The number of H-pyrrole nitrogens is 1. The zero-order valence-corrected chi connectivity index (χ0v) is 15.6. The van der Waals surface area contributed by atoms with Crippen molar-refractivity contribution in [3.8, 4) is 11.6 Å². The molecular formula is C20H22N4O3. The van der Waals surface area contributed by atoms with Gasteiger partial charge in [0.1, 0.15) is 23.7 Å². The maximum atomic E-state index is 12.4. The number of benzene rings is 1. The largest absolute Gasteiger partial charge is 0.459 e. The van der Waals surface area contributed by atoms with E-state index in [-0.39, 0.29) is 5.97 Å². The highest BCUT2D eigenvalue weighted by Crippen LogP contribution is 2.30. The summed E-state index contributed by atoms with van der Waals surface area (Å²) in [6, 6.07) is 7.34. The van der Waals surface area contributed by atoms with Gasteiger partial charge < -0.3 is 14.5 Å². The fraction of sp³-hybridized carbons (Fsp3) is 0.350. The number of nitrogens with zero attached hydrogens (tertiary/aromatic N) is 2. The number of aromatic amines is 1. The number of carbonyl (C=O) groups excluding carboxylic acids is 1. The summed E-state index contributed by atoms with van der Waals surface area (Å²) in [5.41, 5.74) is 2.18. The molecule has 2 aromatic heterocycles. The first-order chi connectivity index (χ1) is 12.9. The number of esters is 1. The lowest BCUT2D eigenvalue weighted by molar-refractivity contribution is -0.157. The lowest BCUT2D eigenvalue weighted by Gasteiger charge is -2.28. The average molecular weight is 366 g/mol. The van der Waals surface area contributed by atoms with Crippen LogP contribution in [0.1, 0.15) is 32.0 Å². The van der Waals surface area contributed by atoms with Crippen molar-refractivity contribution in [1.29, 1.82) is 0 Å². The Balaban J connectivity index is 1.58. The Labute approximate surface area is 157 Å². The molecular weight excluding hydrogens is 344 g/mol. The molecule has 7 nitrogen and oxygen atoms in total. The van der Waals surface area contributed by atoms with Gasteiger partial charge in [0.25, 0.3) is 0 Å². The van der Waals surface area contributed by atoms with E-state index < -0.39 is 11.6 Å². The van der Waals surface area contributed by atoms with Crippen LogP contribution in [0.3, 0.4) is 0 Å². The molecule has 2 N–H and O–H groups in total. The topological polar surface area (TPSA) is 89.1 Å². The monoisotopic (exact) mass is 366 g/mol. The number of fused-ring (bicyclic) bond motifs is 2. The molecule has 27 heavy (non-hydrogen) atoms. The lowest BCUT2D eigenvalue weighted by atomic mass is 10.0. The van der Waals surface area contributed by atoms with Crippen LogP contribution in [-0.2, 0) is 22.5 Å². The molecule has 1 aliphatic rings. The quantitative estimate of drug-likeness (QED) is 0.693. The minimum Gasteiger partial charge on any atom is -0.459 e. The van der Waals surface area contributed by atoms with Crippen LogP contribution >= 0.6 is 0 Å². The predicted molar refractivity (Wildman–Crippen MR) is 101 cm³/mol. The van der Waals surface area contributed by atoms with Crippen molar-refractivity contribution >= 4 is 16.9 Å². The van der Waals surface area contributed by atoms with Crippen molar-refractivity contribution in [3.05, 3.63) is 48.0 Å². The van der Waals surface area contributed by atoms with Crippen LogP contribution in [0.5, 0.6) is 11.6 Å². The molecule has 4 rings (SSSR count). The third-order valence-corrected chi connectivity index (χ3v) is 4.35. The van der Waals surface area contributed by atoms with Crippen molar-refractivity contribution in [2.24, 2.45) is 0 Å². The van der Waals surface area contributed by atoms with Gasteiger partial charge in [-0.15, -0.1) is 0 Å². The average Bonchev–Trinajstić information content (AvgIpc) is 3.08. The molecule has 0 saturated heterocycles. The van der Waals surface area contributed by atoms with E-state index >= 15 is 0 Å². The van der Waals surface area contributed by atoms with E-state index in [1.807, 2.05) is 51.2 Å². The minimum absolute atomic E-state index is 0.281. The summed E-state index contributed by atoms with van der Waals surface area (Å²) in [6.45, 7) is 6.04. The number of carbonyl (C=O) groups is 1. The van der Waals surface area contributed by atoms with E-state index in [4.69, 9.17) is 9.47 Å². The van der Waals surface area contributed by atoms with E-state index in [1.165, 1.54) is 6.33 Å². The van der Waals surface area contributed by atoms with Gasteiger partial charge in [-0.3, -0.25) is 10.1 Å². The molecule has 0 saturated carbocycles. The highest BCUT2D eigenvalue weighted by atomic mass is 16.6. The molecule has 1 aromatic carbocycles. The van der Waals surface area contributed by atoms with Gasteiger partial charge in [-0.1, -0.05) is 0 Å². The normalized spacial score (nSPS) is 16.8. The number of aromatic nitrogens is 3. The van der Waals surface area contributed by atoms with Crippen LogP contribution in [0.4, 0.5) is 0 Å². The Morgan fingerprint density at radius 3 is 2.89 bits per heavy atom. The first kappa shape index (κ1) is 17.5. The number of ether oxygens (including phenoxy) is 2. The molecule has 0 aliphatic carbocycles. The Morgan fingerprint density at radius 2 is 2.07 bits per heavy atom. The van der Waals surface area contributed by atoms with Gasteiger partial charge in [-0.2, -0.15) is 0 Å². The summed E-state index contributed by atoms with van der Waals surface area (Å²) >= 11 is 0. The number of hydrogen-bond acceptors (Lipinski definition) is 6. The molecule has 140 valence electrons. The van der Waals surface area contributed by atoms with Crippen LogP contribution in [0.2, 0.25) is 0 Å². The summed E-state index contributed by atoms with van der Waals surface area (Å²) in [5, 5.41) is 4.24. The third kappa shape index (κ3) is 3.78. The van der Waals surface area contributed by atoms with Crippen LogP contribution < -0.4 is 10.1 Å². The van der Waals surface area contributed by atoms with E-state index in [0.29, 0.717) is 24.6 Å². The highest BCUT2D eigenvalue weighted by Gasteiger charge is 2.31. The molecule has 1 atom stereocenters. The molecule has 3 aromatic rings. The van der Waals surface area contributed by atoms with Crippen molar-refractivity contribution in [1.82, 2.24) is 20.3 Å². The van der Waals surface area contributed by atoms with Crippen LogP contribution in [0, 0.1) is 0 Å². The molecule has 0 amide bonds. The molecule has 1 aliphatic heterocycles. The van der Waals surface area contributed by atoms with Gasteiger partial charge in [0.2, 0.25) is 5.88 Å². The van der Waals surface area contributed by atoms with Gasteiger partial charge in [0, 0.05) is 35.6 Å². The highest BCUT2D eigenvalue weighted by molar-refractivity contribution is 5.81.